The third-order valence-electron chi connectivity index (χ3n) is 3.05. The lowest BCUT2D eigenvalue weighted by molar-refractivity contribution is -0.122. The summed E-state index contributed by atoms with van der Waals surface area (Å²) >= 11 is 0. The maximum Gasteiger partial charge on any atom is 0.265 e. The molecule has 0 spiro atoms. The summed E-state index contributed by atoms with van der Waals surface area (Å²) in [6.07, 6.45) is -0.800. The van der Waals surface area contributed by atoms with Crippen LogP contribution >= 0.6 is 0 Å². The van der Waals surface area contributed by atoms with Gasteiger partial charge in [0.1, 0.15) is 11.6 Å². The number of para-hydroxylation sites is 1. The van der Waals surface area contributed by atoms with Gasteiger partial charge in [-0.05, 0) is 50.2 Å². The molecule has 0 saturated carbocycles. The first-order valence-corrected chi connectivity index (χ1v) is 6.80. The Morgan fingerprint density at radius 1 is 1.09 bits per heavy atom. The molecule has 5 heteroatoms. The van der Waals surface area contributed by atoms with Gasteiger partial charge in [0.15, 0.2) is 11.9 Å². The van der Waals surface area contributed by atoms with Crippen LogP contribution in [-0.4, -0.2) is 17.8 Å². The van der Waals surface area contributed by atoms with Gasteiger partial charge < -0.3 is 10.1 Å². The second-order valence-electron chi connectivity index (χ2n) is 4.81. The normalized spacial score (nSPS) is 11.6. The van der Waals surface area contributed by atoms with Gasteiger partial charge in [0.2, 0.25) is 0 Å². The molecule has 0 aliphatic carbocycles. The minimum atomic E-state index is -0.800. The van der Waals surface area contributed by atoms with Crippen LogP contribution in [0.1, 0.15) is 24.2 Å². The molecule has 0 bridgehead atoms. The molecule has 0 radical (unpaired) electrons. The Morgan fingerprint density at radius 3 is 2.36 bits per heavy atom. The number of rotatable bonds is 5. The molecule has 0 aliphatic rings. The van der Waals surface area contributed by atoms with E-state index in [4.69, 9.17) is 4.74 Å². The molecule has 2 aromatic carbocycles. The smallest absolute Gasteiger partial charge is 0.265 e. The lowest BCUT2D eigenvalue weighted by Crippen LogP contribution is -2.30. The number of carbonyl (C=O) groups excluding carboxylic acids is 2. The van der Waals surface area contributed by atoms with Crippen LogP contribution in [-0.2, 0) is 4.79 Å². The van der Waals surface area contributed by atoms with Crippen LogP contribution in [0.3, 0.4) is 0 Å². The lowest BCUT2D eigenvalue weighted by atomic mass is 10.1. The zero-order valence-electron chi connectivity index (χ0n) is 12.3. The van der Waals surface area contributed by atoms with Crippen LogP contribution in [0.4, 0.5) is 10.1 Å². The van der Waals surface area contributed by atoms with Gasteiger partial charge in [0, 0.05) is 5.69 Å². The number of ketones is 1. The van der Waals surface area contributed by atoms with Gasteiger partial charge in [-0.25, -0.2) is 4.39 Å². The van der Waals surface area contributed by atoms with E-state index in [1.165, 1.54) is 31.2 Å². The lowest BCUT2D eigenvalue weighted by Gasteiger charge is -2.16. The summed E-state index contributed by atoms with van der Waals surface area (Å²) in [5.74, 6) is -0.541. The standard InChI is InChI=1S/C17H16FNO3/c1-11(20)15-5-3-4-6-16(15)22-12(2)17(21)19-14-9-7-13(18)8-10-14/h3-10,12H,1-2H3,(H,19,21). The Bertz CT molecular complexity index is 683. The molecule has 1 N–H and O–H groups in total. The molecule has 0 aliphatic heterocycles. The molecule has 0 aromatic heterocycles. The van der Waals surface area contributed by atoms with Gasteiger partial charge in [-0.2, -0.15) is 0 Å². The maximum atomic E-state index is 12.8. The molecular formula is C17H16FNO3. The number of ether oxygens (including phenoxy) is 1. The second kappa shape index (κ2) is 6.85. The van der Waals surface area contributed by atoms with Crippen molar-refractivity contribution in [1.29, 1.82) is 0 Å². The topological polar surface area (TPSA) is 55.4 Å². The van der Waals surface area contributed by atoms with Gasteiger partial charge >= 0.3 is 0 Å². The summed E-state index contributed by atoms with van der Waals surface area (Å²) in [6, 6.07) is 12.2. The van der Waals surface area contributed by atoms with E-state index in [0.717, 1.165) is 0 Å². The molecule has 4 nitrogen and oxygen atoms in total. The van der Waals surface area contributed by atoms with Crippen molar-refractivity contribution >= 4 is 17.4 Å². The maximum absolute atomic E-state index is 12.8. The summed E-state index contributed by atoms with van der Waals surface area (Å²) in [6.45, 7) is 3.02. The molecule has 114 valence electrons. The summed E-state index contributed by atoms with van der Waals surface area (Å²) in [5, 5.41) is 2.62. The highest BCUT2D eigenvalue weighted by molar-refractivity contribution is 5.97. The first-order chi connectivity index (χ1) is 10.5. The third-order valence-corrected chi connectivity index (χ3v) is 3.05. The van der Waals surface area contributed by atoms with Gasteiger partial charge in [0.05, 0.1) is 5.56 Å². The quantitative estimate of drug-likeness (QED) is 0.861. The molecule has 1 amide bonds. The molecule has 0 heterocycles. The monoisotopic (exact) mass is 301 g/mol. The fraction of sp³-hybridized carbons (Fsp3) is 0.176. The number of benzene rings is 2. The van der Waals surface area contributed by atoms with Crippen LogP contribution in [0, 0.1) is 5.82 Å². The van der Waals surface area contributed by atoms with Crippen molar-refractivity contribution in [2.75, 3.05) is 5.32 Å². The van der Waals surface area contributed by atoms with E-state index in [-0.39, 0.29) is 17.5 Å². The summed E-state index contributed by atoms with van der Waals surface area (Å²) < 4.78 is 18.4. The van der Waals surface area contributed by atoms with Crippen molar-refractivity contribution in [3.63, 3.8) is 0 Å². The zero-order valence-corrected chi connectivity index (χ0v) is 12.3. The molecule has 1 atom stereocenters. The second-order valence-corrected chi connectivity index (χ2v) is 4.81. The Labute approximate surface area is 127 Å². The zero-order chi connectivity index (χ0) is 16.1. The predicted molar refractivity (Wildman–Crippen MR) is 81.6 cm³/mol. The van der Waals surface area contributed by atoms with Crippen LogP contribution < -0.4 is 10.1 Å². The van der Waals surface area contributed by atoms with Crippen molar-refractivity contribution in [2.45, 2.75) is 20.0 Å². The first kappa shape index (κ1) is 15.7. The third kappa shape index (κ3) is 3.91. The summed E-state index contributed by atoms with van der Waals surface area (Å²) in [4.78, 5) is 23.6. The van der Waals surface area contributed by atoms with Crippen molar-refractivity contribution in [3.05, 3.63) is 59.9 Å². The minimum absolute atomic E-state index is 0.137. The highest BCUT2D eigenvalue weighted by Crippen LogP contribution is 2.20. The van der Waals surface area contributed by atoms with Gasteiger partial charge in [-0.3, -0.25) is 9.59 Å². The van der Waals surface area contributed by atoms with Crippen molar-refractivity contribution in [3.8, 4) is 5.75 Å². The molecule has 1 unspecified atom stereocenters. The summed E-state index contributed by atoms with van der Waals surface area (Å²) in [5.41, 5.74) is 0.894. The SMILES string of the molecule is CC(=O)c1ccccc1OC(C)C(=O)Nc1ccc(F)cc1. The molecule has 0 saturated heterocycles. The van der Waals surface area contributed by atoms with E-state index >= 15 is 0 Å². The number of anilines is 1. The number of Topliss-reactive ketones (excluding diaryl/α,β-unsaturated/α-hetero) is 1. The van der Waals surface area contributed by atoms with Gasteiger partial charge in [-0.1, -0.05) is 12.1 Å². The number of hydrogen-bond acceptors (Lipinski definition) is 3. The average molecular weight is 301 g/mol. The fourth-order valence-corrected chi connectivity index (χ4v) is 1.88. The van der Waals surface area contributed by atoms with E-state index in [1.807, 2.05) is 0 Å². The van der Waals surface area contributed by atoms with E-state index in [1.54, 1.807) is 31.2 Å². The molecule has 22 heavy (non-hydrogen) atoms. The number of amides is 1. The van der Waals surface area contributed by atoms with Crippen LogP contribution in [0.15, 0.2) is 48.5 Å². The molecule has 2 aromatic rings. The van der Waals surface area contributed by atoms with Crippen molar-refractivity contribution in [2.24, 2.45) is 0 Å². The Morgan fingerprint density at radius 2 is 1.73 bits per heavy atom. The Kier molecular flexibility index (Phi) is 4.88. The highest BCUT2D eigenvalue weighted by Gasteiger charge is 2.17. The number of nitrogens with one attached hydrogen (secondary N) is 1. The minimum Gasteiger partial charge on any atom is -0.480 e. The van der Waals surface area contributed by atoms with E-state index in [9.17, 15) is 14.0 Å². The number of carbonyl (C=O) groups is 2. The molecular weight excluding hydrogens is 285 g/mol. The molecule has 2 rings (SSSR count). The van der Waals surface area contributed by atoms with Crippen LogP contribution in [0.2, 0.25) is 0 Å². The van der Waals surface area contributed by atoms with Gasteiger partial charge in [0.25, 0.3) is 5.91 Å². The van der Waals surface area contributed by atoms with Crippen LogP contribution in [0.5, 0.6) is 5.75 Å². The van der Waals surface area contributed by atoms with Crippen LogP contribution in [0.25, 0.3) is 0 Å². The highest BCUT2D eigenvalue weighted by atomic mass is 19.1. The number of halogens is 1. The van der Waals surface area contributed by atoms with E-state index in [0.29, 0.717) is 17.0 Å². The average Bonchev–Trinajstić information content (AvgIpc) is 2.49. The van der Waals surface area contributed by atoms with Gasteiger partial charge in [-0.15, -0.1) is 0 Å². The Balaban J connectivity index is 2.05. The predicted octanol–water partition coefficient (Wildman–Crippen LogP) is 3.43. The van der Waals surface area contributed by atoms with E-state index < -0.39 is 6.10 Å². The largest absolute Gasteiger partial charge is 0.480 e. The fourth-order valence-electron chi connectivity index (χ4n) is 1.88. The first-order valence-electron chi connectivity index (χ1n) is 6.80. The summed E-state index contributed by atoms with van der Waals surface area (Å²) in [7, 11) is 0. The Hall–Kier alpha value is -2.69. The van der Waals surface area contributed by atoms with Crippen molar-refractivity contribution in [1.82, 2.24) is 0 Å². The molecule has 0 fully saturated rings. The number of hydrogen-bond donors (Lipinski definition) is 1. The van der Waals surface area contributed by atoms with E-state index in [2.05, 4.69) is 5.32 Å². The van der Waals surface area contributed by atoms with Crippen molar-refractivity contribution < 1.29 is 18.7 Å².